The number of nitrogens with zero attached hydrogens (tertiary/aromatic N) is 1. The van der Waals surface area contributed by atoms with E-state index >= 15 is 0 Å². The maximum absolute atomic E-state index is 11.9. The van der Waals surface area contributed by atoms with E-state index in [9.17, 15) is 4.79 Å². The standard InChI is InChI=1S/C15H24N2O3.ClH/c1-15(2,3)20-14(18)17-8-6-12(7-9-17)16-11-13-5-4-10-19-13;/h4-5,10,12,16H,6-9,11H2,1-3H3;1H. The molecule has 0 saturated carbocycles. The molecule has 0 atom stereocenters. The third-order valence-electron chi connectivity index (χ3n) is 3.29. The molecule has 1 saturated heterocycles. The van der Waals surface area contributed by atoms with Crippen LogP contribution in [0, 0.1) is 0 Å². The summed E-state index contributed by atoms with van der Waals surface area (Å²) < 4.78 is 10.7. The third-order valence-corrected chi connectivity index (χ3v) is 3.29. The number of furan rings is 1. The van der Waals surface area contributed by atoms with E-state index in [4.69, 9.17) is 9.15 Å². The van der Waals surface area contributed by atoms with Gasteiger partial charge >= 0.3 is 6.09 Å². The van der Waals surface area contributed by atoms with Crippen molar-refractivity contribution in [2.75, 3.05) is 13.1 Å². The zero-order valence-corrected chi connectivity index (χ0v) is 13.7. The summed E-state index contributed by atoms with van der Waals surface area (Å²) in [5.41, 5.74) is -0.425. The van der Waals surface area contributed by atoms with Gasteiger partial charge in [0.25, 0.3) is 0 Å². The van der Waals surface area contributed by atoms with E-state index in [2.05, 4.69) is 5.32 Å². The first-order valence-corrected chi connectivity index (χ1v) is 7.18. The van der Waals surface area contributed by atoms with Crippen LogP contribution in [0.5, 0.6) is 0 Å². The highest BCUT2D eigenvalue weighted by atomic mass is 35.5. The van der Waals surface area contributed by atoms with Crippen LogP contribution in [0.4, 0.5) is 4.79 Å². The summed E-state index contributed by atoms with van der Waals surface area (Å²) in [7, 11) is 0. The van der Waals surface area contributed by atoms with Gasteiger partial charge in [0.2, 0.25) is 0 Å². The average Bonchev–Trinajstić information content (AvgIpc) is 2.88. The highest BCUT2D eigenvalue weighted by Gasteiger charge is 2.26. The Balaban J connectivity index is 0.00000220. The second-order valence-electron chi connectivity index (χ2n) is 6.20. The lowest BCUT2D eigenvalue weighted by Gasteiger charge is -2.33. The van der Waals surface area contributed by atoms with E-state index in [-0.39, 0.29) is 18.5 Å². The van der Waals surface area contributed by atoms with Crippen LogP contribution in [0.2, 0.25) is 0 Å². The van der Waals surface area contributed by atoms with Gasteiger partial charge in [-0.1, -0.05) is 0 Å². The van der Waals surface area contributed by atoms with Gasteiger partial charge in [0.05, 0.1) is 12.8 Å². The van der Waals surface area contributed by atoms with Crippen molar-refractivity contribution in [2.24, 2.45) is 0 Å². The van der Waals surface area contributed by atoms with Crippen molar-refractivity contribution in [3.05, 3.63) is 24.2 Å². The number of rotatable bonds is 3. The highest BCUT2D eigenvalue weighted by Crippen LogP contribution is 2.15. The fourth-order valence-corrected chi connectivity index (χ4v) is 2.25. The minimum Gasteiger partial charge on any atom is -0.468 e. The van der Waals surface area contributed by atoms with Crippen LogP contribution in [0.1, 0.15) is 39.4 Å². The van der Waals surface area contributed by atoms with E-state index < -0.39 is 5.60 Å². The Labute approximate surface area is 132 Å². The lowest BCUT2D eigenvalue weighted by atomic mass is 10.1. The Morgan fingerprint density at radius 2 is 2.10 bits per heavy atom. The van der Waals surface area contributed by atoms with E-state index in [0.717, 1.165) is 38.2 Å². The molecule has 0 aromatic carbocycles. The molecule has 0 unspecified atom stereocenters. The first kappa shape index (κ1) is 17.9. The molecule has 0 radical (unpaired) electrons. The summed E-state index contributed by atoms with van der Waals surface area (Å²) in [5, 5.41) is 3.46. The maximum atomic E-state index is 11.9. The van der Waals surface area contributed by atoms with Gasteiger partial charge in [0.1, 0.15) is 11.4 Å². The second-order valence-corrected chi connectivity index (χ2v) is 6.20. The smallest absolute Gasteiger partial charge is 0.410 e. The zero-order valence-electron chi connectivity index (χ0n) is 12.9. The number of hydrogen-bond donors (Lipinski definition) is 1. The molecule has 0 aliphatic carbocycles. The van der Waals surface area contributed by atoms with Gasteiger partial charge in [-0.15, -0.1) is 12.4 Å². The van der Waals surface area contributed by atoms with Gasteiger partial charge in [-0.25, -0.2) is 4.79 Å². The fourth-order valence-electron chi connectivity index (χ4n) is 2.25. The number of carbonyl (C=O) groups is 1. The van der Waals surface area contributed by atoms with Gasteiger partial charge in [0.15, 0.2) is 0 Å². The summed E-state index contributed by atoms with van der Waals surface area (Å²) in [4.78, 5) is 13.7. The predicted molar refractivity (Wildman–Crippen MR) is 83.6 cm³/mol. The van der Waals surface area contributed by atoms with Crippen molar-refractivity contribution < 1.29 is 13.9 Å². The first-order chi connectivity index (χ1) is 9.44. The van der Waals surface area contributed by atoms with Crippen molar-refractivity contribution in [3.63, 3.8) is 0 Å². The van der Waals surface area contributed by atoms with Gasteiger partial charge in [-0.05, 0) is 45.7 Å². The van der Waals surface area contributed by atoms with Crippen LogP contribution >= 0.6 is 12.4 Å². The lowest BCUT2D eigenvalue weighted by Crippen LogP contribution is -2.46. The first-order valence-electron chi connectivity index (χ1n) is 7.18. The summed E-state index contributed by atoms with van der Waals surface area (Å²) in [6, 6.07) is 4.28. The number of hydrogen-bond acceptors (Lipinski definition) is 4. The van der Waals surface area contributed by atoms with Crippen molar-refractivity contribution >= 4 is 18.5 Å². The number of carbonyl (C=O) groups excluding carboxylic acids is 1. The van der Waals surface area contributed by atoms with Crippen LogP contribution in [0.15, 0.2) is 22.8 Å². The van der Waals surface area contributed by atoms with E-state index in [1.807, 2.05) is 32.9 Å². The molecule has 1 aliphatic rings. The number of likely N-dealkylation sites (tertiary alicyclic amines) is 1. The summed E-state index contributed by atoms with van der Waals surface area (Å²) in [6.45, 7) is 7.90. The van der Waals surface area contributed by atoms with Gasteiger partial charge in [-0.2, -0.15) is 0 Å². The molecule has 0 spiro atoms. The van der Waals surface area contributed by atoms with Crippen molar-refractivity contribution in [2.45, 2.75) is 51.8 Å². The van der Waals surface area contributed by atoms with Crippen LogP contribution < -0.4 is 5.32 Å². The van der Waals surface area contributed by atoms with Gasteiger partial charge in [0, 0.05) is 19.1 Å². The number of amides is 1. The van der Waals surface area contributed by atoms with E-state index in [1.54, 1.807) is 11.2 Å². The van der Waals surface area contributed by atoms with Crippen molar-refractivity contribution in [3.8, 4) is 0 Å². The Hall–Kier alpha value is -1.20. The summed E-state index contributed by atoms with van der Waals surface area (Å²) in [6.07, 6.45) is 3.36. The van der Waals surface area contributed by atoms with Crippen LogP contribution in [-0.2, 0) is 11.3 Å². The van der Waals surface area contributed by atoms with Crippen LogP contribution in [0.3, 0.4) is 0 Å². The Kier molecular flexibility index (Phi) is 6.55. The Morgan fingerprint density at radius 1 is 1.43 bits per heavy atom. The van der Waals surface area contributed by atoms with Crippen molar-refractivity contribution in [1.82, 2.24) is 10.2 Å². The highest BCUT2D eigenvalue weighted by molar-refractivity contribution is 5.85. The SMILES string of the molecule is CC(C)(C)OC(=O)N1CCC(NCc2ccco2)CC1.Cl. The summed E-state index contributed by atoms with van der Waals surface area (Å²) >= 11 is 0. The zero-order chi connectivity index (χ0) is 14.6. The molecule has 21 heavy (non-hydrogen) atoms. The van der Waals surface area contributed by atoms with E-state index in [0.29, 0.717) is 6.04 Å². The summed E-state index contributed by atoms with van der Waals surface area (Å²) in [5.74, 6) is 0.944. The number of piperidine rings is 1. The van der Waals surface area contributed by atoms with Crippen molar-refractivity contribution in [1.29, 1.82) is 0 Å². The van der Waals surface area contributed by atoms with Crippen LogP contribution in [0.25, 0.3) is 0 Å². The molecule has 6 heteroatoms. The minimum atomic E-state index is -0.425. The van der Waals surface area contributed by atoms with E-state index in [1.165, 1.54) is 0 Å². The molecule has 1 fully saturated rings. The minimum absolute atomic E-state index is 0. The molecule has 2 heterocycles. The Bertz CT molecular complexity index is 421. The van der Waals surface area contributed by atoms with Crippen LogP contribution in [-0.4, -0.2) is 35.7 Å². The molecule has 120 valence electrons. The molecule has 1 aromatic heterocycles. The van der Waals surface area contributed by atoms with Gasteiger partial charge < -0.3 is 19.4 Å². The number of halogens is 1. The fraction of sp³-hybridized carbons (Fsp3) is 0.667. The molecule has 5 nitrogen and oxygen atoms in total. The monoisotopic (exact) mass is 316 g/mol. The predicted octanol–water partition coefficient (Wildman–Crippen LogP) is 3.19. The number of ether oxygens (including phenoxy) is 1. The van der Waals surface area contributed by atoms with Gasteiger partial charge in [-0.3, -0.25) is 0 Å². The normalized spacial score (nSPS) is 16.4. The quantitative estimate of drug-likeness (QED) is 0.930. The average molecular weight is 317 g/mol. The lowest BCUT2D eigenvalue weighted by molar-refractivity contribution is 0.0197. The molecule has 1 N–H and O–H groups in total. The molecule has 1 amide bonds. The Morgan fingerprint density at radius 3 is 2.62 bits per heavy atom. The third kappa shape index (κ3) is 5.98. The second kappa shape index (κ2) is 7.71. The molecule has 0 bridgehead atoms. The maximum Gasteiger partial charge on any atom is 0.410 e. The molecular weight excluding hydrogens is 292 g/mol. The number of nitrogens with one attached hydrogen (secondary N) is 1. The topological polar surface area (TPSA) is 54.7 Å². The molecule has 1 aliphatic heterocycles. The largest absolute Gasteiger partial charge is 0.468 e. The molecule has 2 rings (SSSR count). The molecule has 1 aromatic rings. The molecular formula is C15H25ClN2O3.